The average molecular weight is 679 g/mol. The first kappa shape index (κ1) is 26.1. The normalized spacial score (nSPS) is 25.8. The van der Waals surface area contributed by atoms with E-state index in [1.165, 1.54) is 24.3 Å². The van der Waals surface area contributed by atoms with E-state index in [0.29, 0.717) is 0 Å². The molecular formula is C15H31S7Sb2. The van der Waals surface area contributed by atoms with E-state index in [2.05, 4.69) is 109 Å². The van der Waals surface area contributed by atoms with Gasteiger partial charge in [-0.1, -0.05) is 0 Å². The zero-order valence-corrected chi connectivity index (χ0v) is 26.3. The summed E-state index contributed by atoms with van der Waals surface area (Å²) in [6.45, 7) is 14.6. The van der Waals surface area contributed by atoms with Crippen molar-refractivity contribution in [1.82, 2.24) is 0 Å². The molecule has 9 heteroatoms. The van der Waals surface area contributed by atoms with Gasteiger partial charge in [-0.2, -0.15) is 0 Å². The molecular weight excluding hydrogens is 648 g/mol. The maximum atomic E-state index is 2.49. The van der Waals surface area contributed by atoms with Crippen molar-refractivity contribution in [3.05, 3.63) is 0 Å². The van der Waals surface area contributed by atoms with E-state index < -0.39 is 10.4 Å². The Morgan fingerprint density at radius 3 is 1.17 bits per heavy atom. The Kier molecular flexibility index (Phi) is 12.5. The molecule has 0 aliphatic carbocycles. The number of hydrogen-bond acceptors (Lipinski definition) is 7. The SMILES string of the molecule is CC(C)[S][Sb]([S]C(C)C)([S]C(C)C)([S]C1CCS1)[S]C1CCS1.[Sb]. The molecule has 0 aromatic rings. The maximum absolute atomic E-state index is 3.06. The van der Waals surface area contributed by atoms with Crippen LogP contribution in [0.5, 0.6) is 0 Å². The summed E-state index contributed by atoms with van der Waals surface area (Å²) < 4.78 is 1.75. The van der Waals surface area contributed by atoms with Gasteiger partial charge in [0.1, 0.15) is 0 Å². The summed E-state index contributed by atoms with van der Waals surface area (Å²) in [4.78, 5) is 0. The molecule has 0 N–H and O–H groups in total. The molecule has 0 bridgehead atoms. The molecule has 2 aliphatic rings. The first-order valence-corrected chi connectivity index (χ1v) is 30.3. The molecule has 3 radical (unpaired) electrons. The summed E-state index contributed by atoms with van der Waals surface area (Å²) in [5.74, 6) is 2.77. The number of hydrogen-bond donors (Lipinski definition) is 0. The molecule has 2 fully saturated rings. The predicted molar refractivity (Wildman–Crippen MR) is 137 cm³/mol. The van der Waals surface area contributed by atoms with Gasteiger partial charge >= 0.3 is 169 Å². The van der Waals surface area contributed by atoms with Crippen LogP contribution in [-0.2, 0) is 0 Å². The van der Waals surface area contributed by atoms with Crippen LogP contribution in [0.2, 0.25) is 0 Å². The van der Waals surface area contributed by atoms with Gasteiger partial charge in [0.05, 0.1) is 0 Å². The van der Waals surface area contributed by atoms with Crippen LogP contribution in [0.15, 0.2) is 0 Å². The smallest absolute Gasteiger partial charge is 0 e. The van der Waals surface area contributed by atoms with E-state index in [9.17, 15) is 0 Å². The van der Waals surface area contributed by atoms with Gasteiger partial charge in [-0.05, 0) is 0 Å². The molecule has 0 nitrogen and oxygen atoms in total. The van der Waals surface area contributed by atoms with Gasteiger partial charge in [0.25, 0.3) is 0 Å². The number of thioether (sulfide) groups is 2. The quantitative estimate of drug-likeness (QED) is 0.220. The van der Waals surface area contributed by atoms with E-state index in [-0.39, 0.29) is 24.4 Å². The monoisotopic (exact) mass is 677 g/mol. The van der Waals surface area contributed by atoms with Gasteiger partial charge in [-0.25, -0.2) is 0 Å². The average Bonchev–Trinajstić information content (AvgIpc) is 2.27. The van der Waals surface area contributed by atoms with Crippen LogP contribution in [0.3, 0.4) is 0 Å². The van der Waals surface area contributed by atoms with Gasteiger partial charge in [0, 0.05) is 24.4 Å². The zero-order chi connectivity index (χ0) is 17.1. The van der Waals surface area contributed by atoms with E-state index >= 15 is 0 Å². The Morgan fingerprint density at radius 2 is 1.00 bits per heavy atom. The second-order valence-electron chi connectivity index (χ2n) is 6.60. The Labute approximate surface area is 190 Å². The molecule has 0 amide bonds. The van der Waals surface area contributed by atoms with Gasteiger partial charge in [-0.3, -0.25) is 0 Å². The third kappa shape index (κ3) is 7.73. The summed E-state index contributed by atoms with van der Waals surface area (Å²) in [6, 6.07) is 0. The zero-order valence-electron chi connectivity index (χ0n) is 15.5. The Bertz CT molecular complexity index is 335. The standard InChI is InChI=1S/2C3H6S2.3C3H8S.2Sb/c2*4-3-1-2-5-3;3*1-3(2)4;;/h2*3-4H,1-2H2;3*3-4H,1-2H3;;/q;;;;;;+5/p-5. The molecule has 2 rings (SSSR count). The molecule has 143 valence electrons. The van der Waals surface area contributed by atoms with Crippen molar-refractivity contribution < 1.29 is 0 Å². The molecule has 2 aliphatic heterocycles. The van der Waals surface area contributed by atoms with Crippen molar-refractivity contribution in [2.75, 3.05) is 11.5 Å². The molecule has 0 saturated carbocycles. The summed E-state index contributed by atoms with van der Waals surface area (Å²) >= 11 is 4.44. The molecule has 2 atom stereocenters. The summed E-state index contributed by atoms with van der Waals surface area (Å²) in [6.07, 6.45) is 2.87. The third-order valence-corrected chi connectivity index (χ3v) is 77.6. The minimum absolute atomic E-state index is 0. The molecule has 24 heavy (non-hydrogen) atoms. The molecule has 0 spiro atoms. The first-order valence-electron chi connectivity index (χ1n) is 8.42. The Balaban J connectivity index is 0.00000288. The Morgan fingerprint density at radius 1 is 0.708 bits per heavy atom. The van der Waals surface area contributed by atoms with Crippen molar-refractivity contribution in [3.63, 3.8) is 0 Å². The molecule has 0 aromatic heterocycles. The van der Waals surface area contributed by atoms with Crippen LogP contribution in [0.4, 0.5) is 0 Å². The van der Waals surface area contributed by atoms with Crippen molar-refractivity contribution >= 4 is 103 Å². The van der Waals surface area contributed by atoms with E-state index in [0.717, 1.165) is 24.9 Å². The fourth-order valence-corrected chi connectivity index (χ4v) is 126. The first-order chi connectivity index (χ1) is 10.7. The fourth-order valence-electron chi connectivity index (χ4n) is 2.26. The van der Waals surface area contributed by atoms with Gasteiger partial charge in [0.2, 0.25) is 0 Å². The van der Waals surface area contributed by atoms with Gasteiger partial charge in [-0.15, -0.1) is 0 Å². The van der Waals surface area contributed by atoms with Crippen molar-refractivity contribution in [2.45, 2.75) is 79.3 Å². The minimum Gasteiger partial charge on any atom is 0 e. The predicted octanol–water partition coefficient (Wildman–Crippen LogP) is 7.31. The second-order valence-corrected chi connectivity index (χ2v) is 68.1. The third-order valence-electron chi connectivity index (χ3n) is 3.04. The van der Waals surface area contributed by atoms with Gasteiger partial charge in [0.15, 0.2) is 0 Å². The van der Waals surface area contributed by atoms with Crippen LogP contribution >= 0.6 is 67.8 Å². The van der Waals surface area contributed by atoms with E-state index in [1.807, 2.05) is 0 Å². The van der Waals surface area contributed by atoms with Crippen LogP contribution in [0, 0.1) is 0 Å². The van der Waals surface area contributed by atoms with Gasteiger partial charge < -0.3 is 0 Å². The topological polar surface area (TPSA) is 0 Å². The minimum atomic E-state index is -3.06. The maximum Gasteiger partial charge on any atom is 0 e. The molecule has 2 saturated heterocycles. The van der Waals surface area contributed by atoms with Crippen LogP contribution in [-0.4, -0.2) is 71.2 Å². The van der Waals surface area contributed by atoms with Crippen molar-refractivity contribution in [3.8, 4) is 0 Å². The largest absolute Gasteiger partial charge is 0 e. The van der Waals surface area contributed by atoms with Crippen LogP contribution in [0.1, 0.15) is 54.4 Å². The summed E-state index contributed by atoms with van der Waals surface area (Å²) in [5, 5.41) is 2.22. The number of rotatable bonds is 10. The van der Waals surface area contributed by atoms with Crippen molar-refractivity contribution in [1.29, 1.82) is 0 Å². The summed E-state index contributed by atoms with van der Waals surface area (Å²) in [5.41, 5.74) is 0. The fraction of sp³-hybridized carbons (Fsp3) is 1.00. The second kappa shape index (κ2) is 11.5. The molecule has 2 unspecified atom stereocenters. The molecule has 2 heterocycles. The Hall–Kier alpha value is 4.09. The van der Waals surface area contributed by atoms with Crippen molar-refractivity contribution in [2.24, 2.45) is 0 Å². The van der Waals surface area contributed by atoms with E-state index in [1.54, 1.807) is 0 Å². The van der Waals surface area contributed by atoms with E-state index in [4.69, 9.17) is 0 Å². The van der Waals surface area contributed by atoms with Crippen LogP contribution < -0.4 is 0 Å². The molecule has 0 aromatic carbocycles. The summed E-state index contributed by atoms with van der Waals surface area (Å²) in [7, 11) is 9.23. The van der Waals surface area contributed by atoms with Crippen LogP contribution in [0.25, 0.3) is 0 Å².